The number of carbonyl (C=O) groups excluding carboxylic acids is 2. The van der Waals surface area contributed by atoms with Gasteiger partial charge < -0.3 is 14.8 Å². The van der Waals surface area contributed by atoms with Gasteiger partial charge in [-0.25, -0.2) is 0 Å². The van der Waals surface area contributed by atoms with E-state index in [1.165, 1.54) is 5.56 Å². The van der Waals surface area contributed by atoms with Crippen molar-refractivity contribution in [1.29, 1.82) is 0 Å². The van der Waals surface area contributed by atoms with Crippen molar-refractivity contribution in [3.05, 3.63) is 95.3 Å². The number of carbonyl (C=O) groups is 2. The Morgan fingerprint density at radius 3 is 2.23 bits per heavy atom. The maximum absolute atomic E-state index is 12.7. The van der Waals surface area contributed by atoms with Crippen LogP contribution in [-0.4, -0.2) is 34.4 Å². The van der Waals surface area contributed by atoms with Crippen molar-refractivity contribution < 1.29 is 9.59 Å². The van der Waals surface area contributed by atoms with Gasteiger partial charge in [0.2, 0.25) is 0 Å². The minimum absolute atomic E-state index is 0.0341. The molecule has 0 aliphatic carbocycles. The molecule has 0 spiro atoms. The molecular weight excluding hydrogens is 374 g/mol. The number of nitrogens with one attached hydrogen (secondary N) is 1. The van der Waals surface area contributed by atoms with Crippen molar-refractivity contribution in [2.24, 2.45) is 0 Å². The van der Waals surface area contributed by atoms with Gasteiger partial charge in [-0.3, -0.25) is 9.59 Å². The fourth-order valence-electron chi connectivity index (χ4n) is 3.44. The fraction of sp³-hybridized carbons (Fsp3) is 0.280. The van der Waals surface area contributed by atoms with E-state index in [1.54, 1.807) is 4.90 Å². The second-order valence-electron chi connectivity index (χ2n) is 7.18. The molecule has 2 aromatic carbocycles. The second-order valence-corrected chi connectivity index (χ2v) is 7.18. The molecule has 0 bridgehead atoms. The van der Waals surface area contributed by atoms with Gasteiger partial charge in [0.15, 0.2) is 0 Å². The van der Waals surface area contributed by atoms with Crippen molar-refractivity contribution in [3.8, 4) is 0 Å². The van der Waals surface area contributed by atoms with Crippen molar-refractivity contribution >= 4 is 11.8 Å². The average Bonchev–Trinajstić information content (AvgIpc) is 3.26. The third-order valence-corrected chi connectivity index (χ3v) is 5.25. The zero-order chi connectivity index (χ0) is 21.3. The van der Waals surface area contributed by atoms with Crippen molar-refractivity contribution in [2.45, 2.75) is 33.4 Å². The van der Waals surface area contributed by atoms with Gasteiger partial charge in [0.05, 0.1) is 0 Å². The number of hydrogen-bond donors (Lipinski definition) is 1. The molecule has 156 valence electrons. The first-order valence-corrected chi connectivity index (χ1v) is 10.5. The normalized spacial score (nSPS) is 10.6. The van der Waals surface area contributed by atoms with E-state index in [4.69, 9.17) is 0 Å². The number of amides is 2. The van der Waals surface area contributed by atoms with Crippen molar-refractivity contribution in [2.75, 3.05) is 13.1 Å². The number of hydrogen-bond acceptors (Lipinski definition) is 2. The summed E-state index contributed by atoms with van der Waals surface area (Å²) >= 11 is 0. The summed E-state index contributed by atoms with van der Waals surface area (Å²) in [5.41, 5.74) is 3.53. The standard InChI is InChI=1S/C25H29N3O2/c1-3-27(4-2)25(30)22-14-12-21(13-15-22)19-26-24(29)23-11-8-17-28(23)18-16-20-9-6-5-7-10-20/h5-15,17H,3-4,16,18-19H2,1-2H3,(H,26,29). The molecule has 5 heteroatoms. The molecule has 1 aromatic heterocycles. The SMILES string of the molecule is CCN(CC)C(=O)c1ccc(CNC(=O)c2cccn2CCc2ccccc2)cc1. The van der Waals surface area contributed by atoms with Crippen LogP contribution < -0.4 is 5.32 Å². The quantitative estimate of drug-likeness (QED) is 0.584. The van der Waals surface area contributed by atoms with Gasteiger partial charge in [-0.2, -0.15) is 0 Å². The lowest BCUT2D eigenvalue weighted by Gasteiger charge is -2.18. The van der Waals surface area contributed by atoms with Crippen molar-refractivity contribution in [3.63, 3.8) is 0 Å². The summed E-state index contributed by atoms with van der Waals surface area (Å²) in [4.78, 5) is 26.8. The van der Waals surface area contributed by atoms with Crippen LogP contribution in [0.1, 0.15) is 45.8 Å². The Hall–Kier alpha value is -3.34. The van der Waals surface area contributed by atoms with E-state index in [0.29, 0.717) is 30.9 Å². The number of rotatable bonds is 9. The predicted octanol–water partition coefficient (Wildman–Crippen LogP) is 4.14. The molecule has 0 fully saturated rings. The first kappa shape index (κ1) is 21.4. The molecule has 0 saturated heterocycles. The van der Waals surface area contributed by atoms with Crippen LogP contribution in [0, 0.1) is 0 Å². The van der Waals surface area contributed by atoms with Crippen LogP contribution >= 0.6 is 0 Å². The Labute approximate surface area is 178 Å². The smallest absolute Gasteiger partial charge is 0.268 e. The first-order valence-electron chi connectivity index (χ1n) is 10.5. The van der Waals surface area contributed by atoms with Crippen LogP contribution in [0.5, 0.6) is 0 Å². The van der Waals surface area contributed by atoms with Gasteiger partial charge in [0.25, 0.3) is 11.8 Å². The molecule has 0 atom stereocenters. The van der Waals surface area contributed by atoms with Gasteiger partial charge in [-0.05, 0) is 55.7 Å². The molecule has 0 aliphatic heterocycles. The molecule has 30 heavy (non-hydrogen) atoms. The van der Waals surface area contributed by atoms with Gasteiger partial charge in [0, 0.05) is 37.9 Å². The predicted molar refractivity (Wildman–Crippen MR) is 119 cm³/mol. The highest BCUT2D eigenvalue weighted by atomic mass is 16.2. The van der Waals surface area contributed by atoms with E-state index in [1.807, 2.05) is 79.2 Å². The molecule has 3 aromatic rings. The Kier molecular flexibility index (Phi) is 7.44. The fourth-order valence-corrected chi connectivity index (χ4v) is 3.44. The van der Waals surface area contributed by atoms with Gasteiger partial charge in [-0.1, -0.05) is 42.5 Å². The minimum Gasteiger partial charge on any atom is -0.347 e. The van der Waals surface area contributed by atoms with Crippen LogP contribution in [0.25, 0.3) is 0 Å². The highest BCUT2D eigenvalue weighted by molar-refractivity contribution is 5.94. The molecule has 0 unspecified atom stereocenters. The number of benzene rings is 2. The minimum atomic E-state index is -0.101. The monoisotopic (exact) mass is 403 g/mol. The molecular formula is C25H29N3O2. The summed E-state index contributed by atoms with van der Waals surface area (Å²) < 4.78 is 1.98. The van der Waals surface area contributed by atoms with Crippen LogP contribution in [0.2, 0.25) is 0 Å². The zero-order valence-corrected chi connectivity index (χ0v) is 17.7. The van der Waals surface area contributed by atoms with E-state index >= 15 is 0 Å². The molecule has 2 amide bonds. The van der Waals surface area contributed by atoms with Gasteiger partial charge in [-0.15, -0.1) is 0 Å². The number of nitrogens with zero attached hydrogens (tertiary/aromatic N) is 2. The molecule has 1 N–H and O–H groups in total. The van der Waals surface area contributed by atoms with E-state index in [2.05, 4.69) is 17.4 Å². The van der Waals surface area contributed by atoms with Gasteiger partial charge >= 0.3 is 0 Å². The molecule has 0 aliphatic rings. The lowest BCUT2D eigenvalue weighted by molar-refractivity contribution is 0.0772. The third kappa shape index (κ3) is 5.38. The van der Waals surface area contributed by atoms with E-state index in [0.717, 1.165) is 18.5 Å². The molecule has 5 nitrogen and oxygen atoms in total. The topological polar surface area (TPSA) is 54.3 Å². The Morgan fingerprint density at radius 1 is 0.867 bits per heavy atom. The van der Waals surface area contributed by atoms with Crippen LogP contribution in [0.15, 0.2) is 72.9 Å². The molecule has 3 rings (SSSR count). The van der Waals surface area contributed by atoms with E-state index in [9.17, 15) is 9.59 Å². The molecule has 0 radical (unpaired) electrons. The Bertz CT molecular complexity index is 958. The first-order chi connectivity index (χ1) is 14.6. The highest BCUT2D eigenvalue weighted by Gasteiger charge is 2.13. The Morgan fingerprint density at radius 2 is 1.57 bits per heavy atom. The Balaban J connectivity index is 1.56. The number of aryl methyl sites for hydroxylation is 2. The highest BCUT2D eigenvalue weighted by Crippen LogP contribution is 2.10. The summed E-state index contributed by atoms with van der Waals surface area (Å²) in [6.45, 7) is 6.50. The summed E-state index contributed by atoms with van der Waals surface area (Å²) in [5, 5.41) is 2.98. The summed E-state index contributed by atoms with van der Waals surface area (Å²) in [6.07, 6.45) is 2.81. The van der Waals surface area contributed by atoms with Crippen LogP contribution in [0.3, 0.4) is 0 Å². The summed E-state index contributed by atoms with van der Waals surface area (Å²) in [6, 6.07) is 21.4. The summed E-state index contributed by atoms with van der Waals surface area (Å²) in [7, 11) is 0. The summed E-state index contributed by atoms with van der Waals surface area (Å²) in [5.74, 6) is -0.0665. The average molecular weight is 404 g/mol. The maximum Gasteiger partial charge on any atom is 0.268 e. The molecule has 1 heterocycles. The maximum atomic E-state index is 12.7. The lowest BCUT2D eigenvalue weighted by Crippen LogP contribution is -2.30. The largest absolute Gasteiger partial charge is 0.347 e. The molecule has 0 saturated carbocycles. The van der Waals surface area contributed by atoms with Crippen LogP contribution in [-0.2, 0) is 19.5 Å². The van der Waals surface area contributed by atoms with E-state index < -0.39 is 0 Å². The van der Waals surface area contributed by atoms with E-state index in [-0.39, 0.29) is 11.8 Å². The van der Waals surface area contributed by atoms with Crippen molar-refractivity contribution in [1.82, 2.24) is 14.8 Å². The zero-order valence-electron chi connectivity index (χ0n) is 17.7. The second kappa shape index (κ2) is 10.4. The van der Waals surface area contributed by atoms with Gasteiger partial charge in [0.1, 0.15) is 5.69 Å². The lowest BCUT2D eigenvalue weighted by atomic mass is 10.1. The third-order valence-electron chi connectivity index (χ3n) is 5.25. The number of aromatic nitrogens is 1. The van der Waals surface area contributed by atoms with Crippen LogP contribution in [0.4, 0.5) is 0 Å².